The molecule has 30 heavy (non-hydrogen) atoms. The van der Waals surface area contributed by atoms with Gasteiger partial charge < -0.3 is 14.8 Å². The summed E-state index contributed by atoms with van der Waals surface area (Å²) < 4.78 is 24.9. The van der Waals surface area contributed by atoms with Crippen LogP contribution in [0.5, 0.6) is 11.5 Å². The molecular formula is C24H26Cl2FNO2. The van der Waals surface area contributed by atoms with Gasteiger partial charge in [0.05, 0.1) is 6.61 Å². The van der Waals surface area contributed by atoms with Gasteiger partial charge in [-0.15, -0.1) is 12.4 Å². The van der Waals surface area contributed by atoms with Gasteiger partial charge in [-0.2, -0.15) is 0 Å². The van der Waals surface area contributed by atoms with E-state index in [1.54, 1.807) is 0 Å². The molecule has 0 aliphatic rings. The van der Waals surface area contributed by atoms with Gasteiger partial charge in [0, 0.05) is 22.7 Å². The fourth-order valence-electron chi connectivity index (χ4n) is 3.01. The molecule has 3 aromatic rings. The van der Waals surface area contributed by atoms with E-state index in [4.69, 9.17) is 21.1 Å². The number of ether oxygens (including phenoxy) is 2. The lowest BCUT2D eigenvalue weighted by atomic mass is 10.1. The molecule has 0 bridgehead atoms. The molecule has 0 amide bonds. The molecular weight excluding hydrogens is 424 g/mol. The fourth-order valence-corrected chi connectivity index (χ4v) is 3.20. The first-order valence-corrected chi connectivity index (χ1v) is 10.1. The quantitative estimate of drug-likeness (QED) is 0.373. The van der Waals surface area contributed by atoms with Crippen LogP contribution in [0.25, 0.3) is 0 Å². The number of hydrogen-bond acceptors (Lipinski definition) is 3. The first-order valence-electron chi connectivity index (χ1n) is 9.73. The van der Waals surface area contributed by atoms with Gasteiger partial charge in [0.15, 0.2) is 11.5 Å². The van der Waals surface area contributed by atoms with Gasteiger partial charge in [-0.05, 0) is 49.7 Å². The fraction of sp³-hybridized carbons (Fsp3) is 0.250. The standard InChI is InChI=1S/C24H25ClFNO2.ClH/c1-2-28-23-9-5-7-19(16-27-15-14-18-10-12-21(26)13-11-18)24(23)29-17-20-6-3-4-8-22(20)25;/h3-13,27H,2,14-17H2,1H3;1H. The van der Waals surface area contributed by atoms with Crippen molar-refractivity contribution in [2.24, 2.45) is 0 Å². The third-order valence-electron chi connectivity index (χ3n) is 4.51. The highest BCUT2D eigenvalue weighted by molar-refractivity contribution is 6.31. The van der Waals surface area contributed by atoms with Gasteiger partial charge in [0.2, 0.25) is 0 Å². The van der Waals surface area contributed by atoms with Crippen LogP contribution in [0.4, 0.5) is 4.39 Å². The lowest BCUT2D eigenvalue weighted by Gasteiger charge is -2.17. The van der Waals surface area contributed by atoms with Crippen LogP contribution in [0.3, 0.4) is 0 Å². The topological polar surface area (TPSA) is 30.5 Å². The van der Waals surface area contributed by atoms with E-state index in [1.165, 1.54) is 12.1 Å². The summed E-state index contributed by atoms with van der Waals surface area (Å²) >= 11 is 6.25. The zero-order valence-electron chi connectivity index (χ0n) is 16.9. The molecule has 0 unspecified atom stereocenters. The molecule has 3 rings (SSSR count). The minimum absolute atomic E-state index is 0. The molecule has 0 aliphatic carbocycles. The highest BCUT2D eigenvalue weighted by atomic mass is 35.5. The Balaban J connectivity index is 0.00000320. The number of nitrogens with one attached hydrogen (secondary N) is 1. The molecule has 0 saturated carbocycles. The summed E-state index contributed by atoms with van der Waals surface area (Å²) in [4.78, 5) is 0. The summed E-state index contributed by atoms with van der Waals surface area (Å²) in [5, 5.41) is 4.11. The predicted molar refractivity (Wildman–Crippen MR) is 122 cm³/mol. The Morgan fingerprint density at radius 2 is 1.63 bits per heavy atom. The van der Waals surface area contributed by atoms with Crippen LogP contribution in [0.15, 0.2) is 66.7 Å². The van der Waals surface area contributed by atoms with Gasteiger partial charge >= 0.3 is 0 Å². The van der Waals surface area contributed by atoms with Crippen molar-refractivity contribution in [1.82, 2.24) is 5.32 Å². The first-order chi connectivity index (χ1) is 14.2. The molecule has 3 nitrogen and oxygen atoms in total. The Hall–Kier alpha value is -2.27. The summed E-state index contributed by atoms with van der Waals surface area (Å²) in [6, 6.07) is 20.1. The number of rotatable bonds is 10. The first kappa shape index (κ1) is 24.0. The largest absolute Gasteiger partial charge is 0.490 e. The predicted octanol–water partition coefficient (Wildman–Crippen LogP) is 6.21. The Labute approximate surface area is 188 Å². The Morgan fingerprint density at radius 3 is 2.37 bits per heavy atom. The number of para-hydroxylation sites is 1. The molecule has 0 saturated heterocycles. The summed E-state index contributed by atoms with van der Waals surface area (Å²) in [5.41, 5.74) is 3.04. The maximum atomic E-state index is 13.0. The number of halogens is 3. The lowest BCUT2D eigenvalue weighted by Crippen LogP contribution is -2.17. The Bertz CT molecular complexity index is 919. The second-order valence-corrected chi connectivity index (χ2v) is 7.02. The molecule has 160 valence electrons. The van der Waals surface area contributed by atoms with Crippen molar-refractivity contribution in [3.63, 3.8) is 0 Å². The van der Waals surface area contributed by atoms with Crippen molar-refractivity contribution < 1.29 is 13.9 Å². The van der Waals surface area contributed by atoms with Gasteiger partial charge in [-0.1, -0.05) is 54.1 Å². The average molecular weight is 450 g/mol. The van der Waals surface area contributed by atoms with Crippen LogP contribution in [0.2, 0.25) is 5.02 Å². The van der Waals surface area contributed by atoms with Gasteiger partial charge in [-0.25, -0.2) is 4.39 Å². The zero-order chi connectivity index (χ0) is 20.5. The van der Waals surface area contributed by atoms with Crippen LogP contribution in [0, 0.1) is 5.82 Å². The number of hydrogen-bond donors (Lipinski definition) is 1. The van der Waals surface area contributed by atoms with Crippen LogP contribution in [-0.2, 0) is 19.6 Å². The summed E-state index contributed by atoms with van der Waals surface area (Å²) in [6.07, 6.45) is 0.821. The normalized spacial score (nSPS) is 10.4. The summed E-state index contributed by atoms with van der Waals surface area (Å²) in [5.74, 6) is 1.23. The van der Waals surface area contributed by atoms with Crippen LogP contribution in [-0.4, -0.2) is 13.2 Å². The van der Waals surface area contributed by atoms with Crippen LogP contribution in [0.1, 0.15) is 23.6 Å². The Kier molecular flexibility index (Phi) is 9.95. The lowest BCUT2D eigenvalue weighted by molar-refractivity contribution is 0.266. The van der Waals surface area contributed by atoms with Crippen molar-refractivity contribution in [3.8, 4) is 11.5 Å². The minimum Gasteiger partial charge on any atom is -0.490 e. The average Bonchev–Trinajstić information content (AvgIpc) is 2.73. The highest BCUT2D eigenvalue weighted by Crippen LogP contribution is 2.32. The Morgan fingerprint density at radius 1 is 0.900 bits per heavy atom. The molecule has 0 fully saturated rings. The van der Waals surface area contributed by atoms with Crippen molar-refractivity contribution in [3.05, 3.63) is 94.3 Å². The van der Waals surface area contributed by atoms with E-state index in [-0.39, 0.29) is 18.2 Å². The van der Waals surface area contributed by atoms with Crippen molar-refractivity contribution in [1.29, 1.82) is 0 Å². The van der Waals surface area contributed by atoms with Crippen molar-refractivity contribution >= 4 is 24.0 Å². The molecule has 1 N–H and O–H groups in total. The second kappa shape index (κ2) is 12.4. The molecule has 0 radical (unpaired) electrons. The van der Waals surface area contributed by atoms with Gasteiger partial charge in [0.25, 0.3) is 0 Å². The smallest absolute Gasteiger partial charge is 0.166 e. The van der Waals surface area contributed by atoms with Gasteiger partial charge in [-0.3, -0.25) is 0 Å². The summed E-state index contributed by atoms with van der Waals surface area (Å²) in [6.45, 7) is 4.29. The maximum absolute atomic E-state index is 13.0. The van der Waals surface area contributed by atoms with Crippen molar-refractivity contribution in [2.45, 2.75) is 26.5 Å². The molecule has 0 atom stereocenters. The molecule has 3 aromatic carbocycles. The van der Waals surface area contributed by atoms with Crippen molar-refractivity contribution in [2.75, 3.05) is 13.2 Å². The van der Waals surface area contributed by atoms with E-state index in [0.29, 0.717) is 24.8 Å². The highest BCUT2D eigenvalue weighted by Gasteiger charge is 2.12. The van der Waals surface area contributed by atoms with E-state index in [9.17, 15) is 4.39 Å². The molecule has 0 heterocycles. The number of benzene rings is 3. The third-order valence-corrected chi connectivity index (χ3v) is 4.88. The third kappa shape index (κ3) is 6.91. The van der Waals surface area contributed by atoms with E-state index < -0.39 is 0 Å². The monoisotopic (exact) mass is 449 g/mol. The maximum Gasteiger partial charge on any atom is 0.166 e. The van der Waals surface area contributed by atoms with Crippen LogP contribution < -0.4 is 14.8 Å². The molecule has 6 heteroatoms. The zero-order valence-corrected chi connectivity index (χ0v) is 18.4. The van der Waals surface area contributed by atoms with Gasteiger partial charge in [0.1, 0.15) is 12.4 Å². The molecule has 0 aliphatic heterocycles. The van der Waals surface area contributed by atoms with Crippen LogP contribution >= 0.6 is 24.0 Å². The second-order valence-electron chi connectivity index (χ2n) is 6.61. The SMILES string of the molecule is CCOc1cccc(CNCCc2ccc(F)cc2)c1OCc1ccccc1Cl.Cl. The van der Waals surface area contributed by atoms with E-state index in [2.05, 4.69) is 5.32 Å². The molecule has 0 spiro atoms. The van der Waals surface area contributed by atoms with E-state index >= 15 is 0 Å². The minimum atomic E-state index is -0.213. The van der Waals surface area contributed by atoms with E-state index in [0.717, 1.165) is 41.2 Å². The van der Waals surface area contributed by atoms with E-state index in [1.807, 2.05) is 61.5 Å². The summed E-state index contributed by atoms with van der Waals surface area (Å²) in [7, 11) is 0. The molecule has 0 aromatic heterocycles.